The third-order valence-electron chi connectivity index (χ3n) is 4.13. The molecule has 0 N–H and O–H groups in total. The number of benzene rings is 1. The molecule has 112 valence electrons. The van der Waals surface area contributed by atoms with E-state index in [0.717, 1.165) is 19.3 Å². The van der Waals surface area contributed by atoms with Gasteiger partial charge in [0.2, 0.25) is 5.91 Å². The van der Waals surface area contributed by atoms with E-state index < -0.39 is 0 Å². The maximum absolute atomic E-state index is 12.5. The molecule has 0 bridgehead atoms. The zero-order valence-electron chi connectivity index (χ0n) is 12.4. The first-order chi connectivity index (χ1) is 10.7. The molecule has 0 saturated carbocycles. The summed E-state index contributed by atoms with van der Waals surface area (Å²) in [7, 11) is 1.83. The molecule has 0 aliphatic heterocycles. The average molecular weight is 295 g/mol. The van der Waals surface area contributed by atoms with Crippen LogP contribution >= 0.6 is 0 Å². The molecule has 3 rings (SSSR count). The fourth-order valence-corrected chi connectivity index (χ4v) is 2.98. The molecule has 0 saturated heterocycles. The van der Waals surface area contributed by atoms with Gasteiger partial charge in [0, 0.05) is 7.05 Å². The van der Waals surface area contributed by atoms with E-state index in [4.69, 9.17) is 5.26 Å². The van der Waals surface area contributed by atoms with Crippen LogP contribution in [0.15, 0.2) is 30.6 Å². The number of rotatable bonds is 3. The van der Waals surface area contributed by atoms with Gasteiger partial charge >= 0.3 is 0 Å². The molecule has 1 unspecified atom stereocenters. The second-order valence-electron chi connectivity index (χ2n) is 5.49. The second-order valence-corrected chi connectivity index (χ2v) is 5.49. The Morgan fingerprint density at radius 3 is 3.09 bits per heavy atom. The Hall–Kier alpha value is -2.68. The Morgan fingerprint density at radius 2 is 2.32 bits per heavy atom. The molecule has 1 atom stereocenters. The highest BCUT2D eigenvalue weighted by atomic mass is 16.2. The number of aromatic nitrogens is 3. The lowest BCUT2D eigenvalue weighted by atomic mass is 9.87. The number of aryl methyl sites for hydroxylation is 1. The lowest BCUT2D eigenvalue weighted by molar-refractivity contribution is -0.133. The molecule has 6 nitrogen and oxygen atoms in total. The predicted molar refractivity (Wildman–Crippen MR) is 79.6 cm³/mol. The highest BCUT2D eigenvalue weighted by molar-refractivity contribution is 5.76. The normalized spacial score (nSPS) is 16.6. The summed E-state index contributed by atoms with van der Waals surface area (Å²) in [6.07, 6.45) is 4.55. The van der Waals surface area contributed by atoms with Crippen molar-refractivity contribution in [3.8, 4) is 6.07 Å². The molecule has 6 heteroatoms. The molecule has 22 heavy (non-hydrogen) atoms. The molecule has 1 aliphatic carbocycles. The Morgan fingerprint density at radius 1 is 1.50 bits per heavy atom. The predicted octanol–water partition coefficient (Wildman–Crippen LogP) is 1.69. The number of amides is 1. The van der Waals surface area contributed by atoms with Gasteiger partial charge in [0.1, 0.15) is 18.9 Å². The van der Waals surface area contributed by atoms with E-state index in [0.29, 0.717) is 0 Å². The standard InChI is InChI=1S/C16H17N5O/c1-20(16(22)10-21-11-18-15(9-17)19-21)14-8-4-6-12-5-2-3-7-13(12)14/h2-3,5,7,11,14H,4,6,8,10H2,1H3. The van der Waals surface area contributed by atoms with Crippen molar-refractivity contribution in [3.05, 3.63) is 47.5 Å². The van der Waals surface area contributed by atoms with Gasteiger partial charge in [-0.05, 0) is 30.4 Å². The molecule has 1 amide bonds. The summed E-state index contributed by atoms with van der Waals surface area (Å²) in [5.41, 5.74) is 2.56. The smallest absolute Gasteiger partial charge is 0.252 e. The fourth-order valence-electron chi connectivity index (χ4n) is 2.98. The van der Waals surface area contributed by atoms with Crippen LogP contribution in [-0.2, 0) is 17.8 Å². The molecule has 1 aliphatic rings. The van der Waals surface area contributed by atoms with E-state index in [-0.39, 0.29) is 24.3 Å². The number of carbonyl (C=O) groups is 1. The highest BCUT2D eigenvalue weighted by Crippen LogP contribution is 2.33. The van der Waals surface area contributed by atoms with Gasteiger partial charge in [-0.25, -0.2) is 9.67 Å². The molecule has 1 heterocycles. The van der Waals surface area contributed by atoms with Crippen LogP contribution < -0.4 is 0 Å². The van der Waals surface area contributed by atoms with Crippen LogP contribution in [0.2, 0.25) is 0 Å². The molecule has 2 aromatic rings. The number of likely N-dealkylation sites (N-methyl/N-ethyl adjacent to an activating group) is 1. The van der Waals surface area contributed by atoms with Gasteiger partial charge in [0.15, 0.2) is 0 Å². The monoisotopic (exact) mass is 295 g/mol. The summed E-state index contributed by atoms with van der Waals surface area (Å²) < 4.78 is 1.41. The largest absolute Gasteiger partial charge is 0.337 e. The van der Waals surface area contributed by atoms with Gasteiger partial charge < -0.3 is 4.90 Å². The summed E-state index contributed by atoms with van der Waals surface area (Å²) in [6, 6.07) is 10.3. The number of nitrogens with zero attached hydrogens (tertiary/aromatic N) is 5. The van der Waals surface area contributed by atoms with Crippen LogP contribution in [0.5, 0.6) is 0 Å². The number of hydrogen-bond acceptors (Lipinski definition) is 4. The highest BCUT2D eigenvalue weighted by Gasteiger charge is 2.26. The molecular formula is C16H17N5O. The van der Waals surface area contributed by atoms with Crippen LogP contribution in [0.3, 0.4) is 0 Å². The van der Waals surface area contributed by atoms with E-state index in [9.17, 15) is 4.79 Å². The average Bonchev–Trinajstić information content (AvgIpc) is 3.01. The lowest BCUT2D eigenvalue weighted by Crippen LogP contribution is -2.35. The number of hydrogen-bond donors (Lipinski definition) is 0. The van der Waals surface area contributed by atoms with E-state index in [2.05, 4.69) is 22.2 Å². The van der Waals surface area contributed by atoms with Crippen molar-refractivity contribution >= 4 is 5.91 Å². The minimum absolute atomic E-state index is 0.0314. The van der Waals surface area contributed by atoms with Crippen LogP contribution in [0.4, 0.5) is 0 Å². The first kappa shape index (κ1) is 14.3. The third-order valence-corrected chi connectivity index (χ3v) is 4.13. The SMILES string of the molecule is CN(C(=O)Cn1cnc(C#N)n1)C1CCCc2ccccc21. The van der Waals surface area contributed by atoms with E-state index >= 15 is 0 Å². The molecular weight excluding hydrogens is 278 g/mol. The van der Waals surface area contributed by atoms with Crippen molar-refractivity contribution in [1.82, 2.24) is 19.7 Å². The van der Waals surface area contributed by atoms with E-state index in [1.54, 1.807) is 4.90 Å². The van der Waals surface area contributed by atoms with Crippen LogP contribution in [0.25, 0.3) is 0 Å². The zero-order valence-corrected chi connectivity index (χ0v) is 12.4. The maximum atomic E-state index is 12.5. The van der Waals surface area contributed by atoms with Crippen LogP contribution in [-0.4, -0.2) is 32.6 Å². The first-order valence-corrected chi connectivity index (χ1v) is 7.32. The quantitative estimate of drug-likeness (QED) is 0.863. The summed E-state index contributed by atoms with van der Waals surface area (Å²) >= 11 is 0. The Bertz CT molecular complexity index is 730. The Labute approximate surface area is 129 Å². The van der Waals surface area contributed by atoms with Gasteiger partial charge in [0.05, 0.1) is 6.04 Å². The van der Waals surface area contributed by atoms with Gasteiger partial charge in [-0.3, -0.25) is 4.79 Å². The molecule has 1 aromatic heterocycles. The van der Waals surface area contributed by atoms with Crippen molar-refractivity contribution in [2.24, 2.45) is 0 Å². The van der Waals surface area contributed by atoms with Crippen molar-refractivity contribution < 1.29 is 4.79 Å². The Kier molecular flexibility index (Phi) is 3.88. The summed E-state index contributed by atoms with van der Waals surface area (Å²) in [5, 5.41) is 12.7. The summed E-state index contributed by atoms with van der Waals surface area (Å²) in [6.45, 7) is 0.101. The van der Waals surface area contributed by atoms with Crippen molar-refractivity contribution in [3.63, 3.8) is 0 Å². The maximum Gasteiger partial charge on any atom is 0.252 e. The first-order valence-electron chi connectivity index (χ1n) is 7.32. The van der Waals surface area contributed by atoms with Gasteiger partial charge in [0.25, 0.3) is 5.82 Å². The van der Waals surface area contributed by atoms with Crippen molar-refractivity contribution in [2.45, 2.75) is 31.8 Å². The van der Waals surface area contributed by atoms with Crippen molar-refractivity contribution in [1.29, 1.82) is 5.26 Å². The third kappa shape index (κ3) is 2.70. The molecule has 0 spiro atoms. The number of carbonyl (C=O) groups excluding carboxylic acids is 1. The lowest BCUT2D eigenvalue weighted by Gasteiger charge is -2.33. The number of fused-ring (bicyclic) bond motifs is 1. The Balaban J connectivity index is 1.75. The van der Waals surface area contributed by atoms with Crippen LogP contribution in [0, 0.1) is 11.3 Å². The minimum atomic E-state index is -0.0314. The second kappa shape index (κ2) is 5.98. The minimum Gasteiger partial charge on any atom is -0.337 e. The fraction of sp³-hybridized carbons (Fsp3) is 0.375. The van der Waals surface area contributed by atoms with Crippen molar-refractivity contribution in [2.75, 3.05) is 7.05 Å². The van der Waals surface area contributed by atoms with E-state index in [1.165, 1.54) is 22.1 Å². The summed E-state index contributed by atoms with van der Waals surface area (Å²) in [4.78, 5) is 18.1. The van der Waals surface area contributed by atoms with E-state index in [1.807, 2.05) is 25.2 Å². The topological polar surface area (TPSA) is 74.8 Å². The van der Waals surface area contributed by atoms with Gasteiger partial charge in [-0.15, -0.1) is 5.10 Å². The van der Waals surface area contributed by atoms with Gasteiger partial charge in [-0.2, -0.15) is 5.26 Å². The van der Waals surface area contributed by atoms with Crippen LogP contribution in [0.1, 0.15) is 35.8 Å². The zero-order chi connectivity index (χ0) is 15.5. The molecule has 1 aromatic carbocycles. The van der Waals surface area contributed by atoms with Gasteiger partial charge in [-0.1, -0.05) is 24.3 Å². The number of nitriles is 1. The molecule has 0 fully saturated rings. The molecule has 0 radical (unpaired) electrons. The summed E-state index contributed by atoms with van der Waals surface area (Å²) in [5.74, 6) is 0.0505.